The van der Waals surface area contributed by atoms with Crippen molar-refractivity contribution < 1.29 is 18.9 Å². The van der Waals surface area contributed by atoms with E-state index in [-0.39, 0.29) is 0 Å². The highest BCUT2D eigenvalue weighted by Crippen LogP contribution is 2.15. The van der Waals surface area contributed by atoms with Crippen molar-refractivity contribution in [2.45, 2.75) is 26.7 Å². The summed E-state index contributed by atoms with van der Waals surface area (Å²) in [6, 6.07) is 24.3. The number of ether oxygens (including phenoxy) is 4. The molecule has 2 N–H and O–H groups in total. The molecule has 244 valence electrons. The van der Waals surface area contributed by atoms with E-state index >= 15 is 0 Å². The summed E-state index contributed by atoms with van der Waals surface area (Å²) in [4.78, 5) is 8.59. The Morgan fingerprint density at radius 3 is 1.28 bits per heavy atom. The van der Waals surface area contributed by atoms with Crippen molar-refractivity contribution in [3.05, 3.63) is 107 Å². The summed E-state index contributed by atoms with van der Waals surface area (Å²) < 4.78 is 21.8. The second kappa shape index (κ2) is 21.9. The molecule has 0 spiro atoms. The lowest BCUT2D eigenvalue weighted by atomic mass is 10.1. The van der Waals surface area contributed by atoms with Crippen LogP contribution in [0.1, 0.15) is 48.9 Å². The number of nitrogens with one attached hydrogen (secondary N) is 2. The topological polar surface area (TPSA) is 86.8 Å². The molecule has 0 unspecified atom stereocenters. The molecule has 2 aromatic carbocycles. The Balaban J connectivity index is 0.000000259. The minimum Gasteiger partial charge on any atom is -0.478 e. The molecule has 0 saturated heterocycles. The van der Waals surface area contributed by atoms with Gasteiger partial charge in [0, 0.05) is 56.6 Å². The normalized spacial score (nSPS) is 10.9. The SMILES string of the molecule is CCCOCCOCCOc1ccc(/C=C/c2ccc(NC)cc2)cn1.CCCOc1ccc(/C=C/c2ccc(NC)cc2)cn1. The van der Waals surface area contributed by atoms with Gasteiger partial charge in [-0.1, -0.05) is 62.4 Å². The minimum absolute atomic E-state index is 0.480. The summed E-state index contributed by atoms with van der Waals surface area (Å²) in [5.74, 6) is 1.29. The zero-order valence-corrected chi connectivity index (χ0v) is 27.6. The zero-order chi connectivity index (χ0) is 32.7. The Morgan fingerprint density at radius 1 is 0.478 bits per heavy atom. The third kappa shape index (κ3) is 14.4. The smallest absolute Gasteiger partial charge is 0.213 e. The molecule has 0 bridgehead atoms. The van der Waals surface area contributed by atoms with Crippen molar-refractivity contribution in [3.63, 3.8) is 0 Å². The van der Waals surface area contributed by atoms with Gasteiger partial charge < -0.3 is 29.6 Å². The fraction of sp³-hybridized carbons (Fsp3) is 0.316. The highest BCUT2D eigenvalue weighted by Gasteiger charge is 1.97. The van der Waals surface area contributed by atoms with E-state index in [1.807, 2.05) is 68.8 Å². The van der Waals surface area contributed by atoms with Gasteiger partial charge in [-0.3, -0.25) is 0 Å². The molecule has 4 rings (SSSR count). The number of anilines is 2. The third-order valence-corrected chi connectivity index (χ3v) is 6.51. The molecule has 0 aliphatic rings. The van der Waals surface area contributed by atoms with Crippen molar-refractivity contribution >= 4 is 35.7 Å². The standard InChI is InChI=1S/C21H28N2O3.C17H20N2O/c1-3-12-24-13-14-25-15-16-26-21-11-8-19(17-23-21)5-4-18-6-9-20(22-2)10-7-18;1-3-12-20-17-11-8-15(13-19-17)5-4-14-6-9-16(18-2)10-7-14/h4-11,17,22H,3,12-16H2,1-2H3;4-11,13,18H,3,12H2,1-2H3/b2*5-4+. The van der Waals surface area contributed by atoms with E-state index in [4.69, 9.17) is 18.9 Å². The maximum absolute atomic E-state index is 5.57. The van der Waals surface area contributed by atoms with Crippen LogP contribution in [0.5, 0.6) is 11.8 Å². The second-order valence-corrected chi connectivity index (χ2v) is 10.2. The molecular formula is C38H48N4O4. The number of pyridine rings is 2. The number of nitrogens with zero attached hydrogens (tertiary/aromatic N) is 2. The molecule has 0 aliphatic heterocycles. The summed E-state index contributed by atoms with van der Waals surface area (Å²) in [6.45, 7) is 7.89. The van der Waals surface area contributed by atoms with E-state index in [2.05, 4.69) is 83.0 Å². The zero-order valence-electron chi connectivity index (χ0n) is 27.6. The lowest BCUT2D eigenvalue weighted by molar-refractivity contribution is 0.0361. The van der Waals surface area contributed by atoms with Crippen LogP contribution in [0.4, 0.5) is 11.4 Å². The molecule has 2 heterocycles. The average Bonchev–Trinajstić information content (AvgIpc) is 3.11. The van der Waals surface area contributed by atoms with E-state index in [1.54, 1.807) is 6.20 Å². The number of hydrogen-bond acceptors (Lipinski definition) is 8. The van der Waals surface area contributed by atoms with Crippen LogP contribution in [0.2, 0.25) is 0 Å². The molecule has 0 saturated carbocycles. The number of rotatable bonds is 18. The fourth-order valence-electron chi connectivity index (χ4n) is 3.94. The van der Waals surface area contributed by atoms with Gasteiger partial charge >= 0.3 is 0 Å². The molecular weight excluding hydrogens is 576 g/mol. The Morgan fingerprint density at radius 2 is 0.870 bits per heavy atom. The van der Waals surface area contributed by atoms with Crippen LogP contribution in [0.3, 0.4) is 0 Å². The van der Waals surface area contributed by atoms with Gasteiger partial charge in [-0.2, -0.15) is 0 Å². The van der Waals surface area contributed by atoms with Gasteiger partial charge in [-0.15, -0.1) is 0 Å². The van der Waals surface area contributed by atoms with Crippen molar-refractivity contribution in [2.75, 3.05) is 64.4 Å². The van der Waals surface area contributed by atoms with Gasteiger partial charge in [0.05, 0.1) is 26.4 Å². The Hall–Kier alpha value is -4.66. The van der Waals surface area contributed by atoms with Gasteiger partial charge in [-0.25, -0.2) is 9.97 Å². The van der Waals surface area contributed by atoms with Crippen molar-refractivity contribution in [2.24, 2.45) is 0 Å². The van der Waals surface area contributed by atoms with Crippen molar-refractivity contribution in [3.8, 4) is 11.8 Å². The fourth-order valence-corrected chi connectivity index (χ4v) is 3.94. The highest BCUT2D eigenvalue weighted by atomic mass is 16.5. The average molecular weight is 625 g/mol. The molecule has 0 aliphatic carbocycles. The molecule has 8 heteroatoms. The first-order valence-corrected chi connectivity index (χ1v) is 15.9. The van der Waals surface area contributed by atoms with E-state index < -0.39 is 0 Å². The predicted octanol–water partition coefficient (Wildman–Crippen LogP) is 8.20. The largest absolute Gasteiger partial charge is 0.478 e. The molecule has 0 fully saturated rings. The summed E-state index contributed by atoms with van der Waals surface area (Å²) in [7, 11) is 3.83. The first-order valence-electron chi connectivity index (χ1n) is 15.9. The molecule has 4 aromatic rings. The monoisotopic (exact) mass is 624 g/mol. The van der Waals surface area contributed by atoms with Crippen molar-refractivity contribution in [1.29, 1.82) is 0 Å². The Bertz CT molecular complexity index is 1410. The lowest BCUT2D eigenvalue weighted by Gasteiger charge is -2.07. The highest BCUT2D eigenvalue weighted by molar-refractivity contribution is 5.71. The first-order chi connectivity index (χ1) is 22.6. The molecule has 0 amide bonds. The lowest BCUT2D eigenvalue weighted by Crippen LogP contribution is -2.11. The van der Waals surface area contributed by atoms with Gasteiger partial charge in [-0.05, 0) is 71.5 Å². The summed E-state index contributed by atoms with van der Waals surface area (Å²) in [5, 5.41) is 6.21. The van der Waals surface area contributed by atoms with Crippen LogP contribution in [-0.2, 0) is 9.47 Å². The molecule has 0 radical (unpaired) electrons. The van der Waals surface area contributed by atoms with E-state index in [0.717, 1.165) is 53.1 Å². The molecule has 8 nitrogen and oxygen atoms in total. The van der Waals surface area contributed by atoms with Crippen LogP contribution in [-0.4, -0.2) is 63.7 Å². The van der Waals surface area contributed by atoms with E-state index in [0.29, 0.717) is 44.8 Å². The van der Waals surface area contributed by atoms with E-state index in [1.165, 1.54) is 0 Å². The minimum atomic E-state index is 0.480. The Labute approximate surface area is 274 Å². The van der Waals surface area contributed by atoms with Crippen LogP contribution >= 0.6 is 0 Å². The molecule has 2 aromatic heterocycles. The number of hydrogen-bond donors (Lipinski definition) is 2. The quantitative estimate of drug-likeness (QED) is 0.107. The van der Waals surface area contributed by atoms with Crippen LogP contribution in [0, 0.1) is 0 Å². The number of aromatic nitrogens is 2. The van der Waals surface area contributed by atoms with Crippen LogP contribution < -0.4 is 20.1 Å². The first kappa shape index (κ1) is 35.8. The van der Waals surface area contributed by atoms with Crippen LogP contribution in [0.25, 0.3) is 24.3 Å². The van der Waals surface area contributed by atoms with Gasteiger partial charge in [0.25, 0.3) is 0 Å². The summed E-state index contributed by atoms with van der Waals surface area (Å²) in [5.41, 5.74) is 6.61. The maximum atomic E-state index is 5.57. The molecule has 46 heavy (non-hydrogen) atoms. The van der Waals surface area contributed by atoms with Gasteiger partial charge in [0.1, 0.15) is 6.61 Å². The van der Waals surface area contributed by atoms with E-state index in [9.17, 15) is 0 Å². The maximum Gasteiger partial charge on any atom is 0.213 e. The Kier molecular flexibility index (Phi) is 17.1. The molecule has 0 atom stereocenters. The second-order valence-electron chi connectivity index (χ2n) is 10.2. The van der Waals surface area contributed by atoms with Gasteiger partial charge in [0.2, 0.25) is 11.8 Å². The third-order valence-electron chi connectivity index (χ3n) is 6.51. The predicted molar refractivity (Wildman–Crippen MR) is 192 cm³/mol. The summed E-state index contributed by atoms with van der Waals surface area (Å²) >= 11 is 0. The van der Waals surface area contributed by atoms with Crippen molar-refractivity contribution in [1.82, 2.24) is 9.97 Å². The number of benzene rings is 2. The summed E-state index contributed by atoms with van der Waals surface area (Å²) in [6.07, 6.45) is 13.9. The van der Waals surface area contributed by atoms with Gasteiger partial charge in [0.15, 0.2) is 0 Å². The van der Waals surface area contributed by atoms with Crippen LogP contribution in [0.15, 0.2) is 85.2 Å².